The molecule has 1 unspecified atom stereocenters. The fourth-order valence-corrected chi connectivity index (χ4v) is 3.04. The lowest BCUT2D eigenvalue weighted by atomic mass is 10.0. The van der Waals surface area contributed by atoms with Crippen molar-refractivity contribution in [1.29, 1.82) is 0 Å². The number of aliphatic imine (C=N–C) groups is 1. The second-order valence-corrected chi connectivity index (χ2v) is 7.89. The first kappa shape index (κ1) is 17.8. The van der Waals surface area contributed by atoms with Crippen LogP contribution in [0.25, 0.3) is 0 Å². The van der Waals surface area contributed by atoms with Gasteiger partial charge in [-0.1, -0.05) is 27.7 Å². The molecule has 2 rings (SSSR count). The van der Waals surface area contributed by atoms with Crippen molar-refractivity contribution < 1.29 is 5.11 Å². The first-order chi connectivity index (χ1) is 10.5. The minimum Gasteiger partial charge on any atom is -0.383 e. The fraction of sp³-hybridized carbons (Fsp3) is 0.765. The quantitative estimate of drug-likeness (QED) is 0.569. The third kappa shape index (κ3) is 3.37. The summed E-state index contributed by atoms with van der Waals surface area (Å²) in [6.07, 6.45) is 3.51. The Bertz CT molecular complexity index is 572. The van der Waals surface area contributed by atoms with Crippen LogP contribution in [-0.2, 0) is 12.6 Å². The number of rotatable bonds is 5. The van der Waals surface area contributed by atoms with Crippen LogP contribution >= 0.6 is 0 Å². The van der Waals surface area contributed by atoms with Gasteiger partial charge in [-0.25, -0.2) is 4.99 Å². The van der Waals surface area contributed by atoms with E-state index in [0.29, 0.717) is 6.04 Å². The van der Waals surface area contributed by atoms with Crippen molar-refractivity contribution in [2.45, 2.75) is 53.2 Å². The molecule has 1 heterocycles. The highest BCUT2D eigenvalue weighted by Crippen LogP contribution is 2.62. The van der Waals surface area contributed by atoms with Gasteiger partial charge in [0.15, 0.2) is 5.96 Å². The standard InChI is InChI=1S/C17H31N5O/c1-8-18-14(21-13-15(2,3)16(13,4)5)19-11-17(6,23)12-9-20-22(7)10-12/h9-10,13,23H,8,11H2,1-7H3,(H2,18,19,21). The van der Waals surface area contributed by atoms with Crippen LogP contribution < -0.4 is 10.6 Å². The van der Waals surface area contributed by atoms with Crippen LogP contribution in [0.4, 0.5) is 0 Å². The van der Waals surface area contributed by atoms with E-state index in [1.165, 1.54) is 0 Å². The van der Waals surface area contributed by atoms with Crippen molar-refractivity contribution in [3.05, 3.63) is 18.0 Å². The largest absolute Gasteiger partial charge is 0.383 e. The van der Waals surface area contributed by atoms with Gasteiger partial charge in [0.1, 0.15) is 5.60 Å². The van der Waals surface area contributed by atoms with Gasteiger partial charge >= 0.3 is 0 Å². The molecule has 0 aromatic carbocycles. The zero-order valence-electron chi connectivity index (χ0n) is 15.4. The lowest BCUT2D eigenvalue weighted by molar-refractivity contribution is 0.0671. The van der Waals surface area contributed by atoms with Gasteiger partial charge in [-0.15, -0.1) is 0 Å². The SMILES string of the molecule is CCNC(=NCC(C)(O)c1cnn(C)c1)NC1C(C)(C)C1(C)C. The number of nitrogens with zero attached hydrogens (tertiary/aromatic N) is 3. The Kier molecular flexibility index (Phi) is 4.50. The molecule has 0 saturated heterocycles. The summed E-state index contributed by atoms with van der Waals surface area (Å²) in [5.41, 5.74) is 0.196. The van der Waals surface area contributed by atoms with Crippen LogP contribution in [0.15, 0.2) is 17.4 Å². The third-order valence-corrected chi connectivity index (χ3v) is 5.52. The number of nitrogens with one attached hydrogen (secondary N) is 2. The highest BCUT2D eigenvalue weighted by atomic mass is 16.3. The van der Waals surface area contributed by atoms with Crippen LogP contribution in [0.2, 0.25) is 0 Å². The molecule has 23 heavy (non-hydrogen) atoms. The molecule has 130 valence electrons. The number of guanidine groups is 1. The predicted molar refractivity (Wildman–Crippen MR) is 93.2 cm³/mol. The molecule has 1 saturated carbocycles. The van der Waals surface area contributed by atoms with E-state index in [0.717, 1.165) is 18.1 Å². The average molecular weight is 321 g/mol. The molecule has 1 fully saturated rings. The predicted octanol–water partition coefficient (Wildman–Crippen LogP) is 1.62. The lowest BCUT2D eigenvalue weighted by Gasteiger charge is -2.21. The van der Waals surface area contributed by atoms with E-state index in [9.17, 15) is 5.11 Å². The molecule has 6 nitrogen and oxygen atoms in total. The van der Waals surface area contributed by atoms with Crippen molar-refractivity contribution >= 4 is 5.96 Å². The number of hydrogen-bond acceptors (Lipinski definition) is 3. The number of hydrogen-bond donors (Lipinski definition) is 3. The zero-order chi connectivity index (χ0) is 17.5. The van der Waals surface area contributed by atoms with Gasteiger partial charge in [-0.2, -0.15) is 5.10 Å². The highest BCUT2D eigenvalue weighted by molar-refractivity contribution is 5.80. The molecule has 1 aromatic heterocycles. The van der Waals surface area contributed by atoms with Gasteiger partial charge in [0, 0.05) is 31.4 Å². The average Bonchev–Trinajstić information content (AvgIpc) is 2.80. The Hall–Kier alpha value is -1.56. The molecule has 1 aliphatic carbocycles. The normalized spacial score (nSPS) is 22.5. The maximum Gasteiger partial charge on any atom is 0.191 e. The first-order valence-corrected chi connectivity index (χ1v) is 8.28. The van der Waals surface area contributed by atoms with Gasteiger partial charge in [0.2, 0.25) is 0 Å². The van der Waals surface area contributed by atoms with E-state index < -0.39 is 5.60 Å². The topological polar surface area (TPSA) is 74.5 Å². The second kappa shape index (κ2) is 5.82. The Balaban J connectivity index is 2.07. The smallest absolute Gasteiger partial charge is 0.191 e. The van der Waals surface area contributed by atoms with Crippen LogP contribution in [0.5, 0.6) is 0 Å². The molecule has 1 atom stereocenters. The summed E-state index contributed by atoms with van der Waals surface area (Å²) in [4.78, 5) is 4.59. The summed E-state index contributed by atoms with van der Waals surface area (Å²) in [7, 11) is 1.84. The summed E-state index contributed by atoms with van der Waals surface area (Å²) in [5, 5.41) is 21.5. The van der Waals surface area contributed by atoms with Crippen LogP contribution in [0.3, 0.4) is 0 Å². The van der Waals surface area contributed by atoms with E-state index in [4.69, 9.17) is 0 Å². The Morgan fingerprint density at radius 2 is 2.00 bits per heavy atom. The molecule has 0 amide bonds. The second-order valence-electron chi connectivity index (χ2n) is 7.89. The van der Waals surface area contributed by atoms with Crippen molar-refractivity contribution in [3.8, 4) is 0 Å². The summed E-state index contributed by atoms with van der Waals surface area (Å²) in [5.74, 6) is 0.750. The van der Waals surface area contributed by atoms with E-state index >= 15 is 0 Å². The van der Waals surface area contributed by atoms with Crippen molar-refractivity contribution in [1.82, 2.24) is 20.4 Å². The monoisotopic (exact) mass is 321 g/mol. The Morgan fingerprint density at radius 1 is 1.39 bits per heavy atom. The molecule has 6 heteroatoms. The van der Waals surface area contributed by atoms with Gasteiger partial charge in [-0.05, 0) is 24.7 Å². The molecule has 1 aliphatic rings. The van der Waals surface area contributed by atoms with E-state index in [1.54, 1.807) is 17.8 Å². The number of aromatic nitrogens is 2. The maximum absolute atomic E-state index is 10.7. The molecule has 0 bridgehead atoms. The van der Waals surface area contributed by atoms with Gasteiger partial charge in [0.05, 0.1) is 12.7 Å². The third-order valence-electron chi connectivity index (χ3n) is 5.52. The highest BCUT2D eigenvalue weighted by Gasteiger charge is 2.65. The van der Waals surface area contributed by atoms with E-state index in [2.05, 4.69) is 48.4 Å². The van der Waals surface area contributed by atoms with Crippen molar-refractivity contribution in [3.63, 3.8) is 0 Å². The van der Waals surface area contributed by atoms with Crippen LogP contribution in [-0.4, -0.2) is 40.0 Å². The lowest BCUT2D eigenvalue weighted by Crippen LogP contribution is -2.41. The molecular weight excluding hydrogens is 290 g/mol. The summed E-state index contributed by atoms with van der Waals surface area (Å²) in [6.45, 7) is 13.9. The van der Waals surface area contributed by atoms with E-state index in [1.807, 2.05) is 20.2 Å². The molecule has 0 radical (unpaired) electrons. The number of aliphatic hydroxyl groups is 1. The molecule has 0 aliphatic heterocycles. The Labute approximate surface area is 139 Å². The van der Waals surface area contributed by atoms with E-state index in [-0.39, 0.29) is 17.4 Å². The Morgan fingerprint density at radius 3 is 2.43 bits per heavy atom. The minimum atomic E-state index is -1.04. The van der Waals surface area contributed by atoms with Crippen molar-refractivity contribution in [2.75, 3.05) is 13.1 Å². The number of aryl methyl sites for hydroxylation is 1. The van der Waals surface area contributed by atoms with Crippen LogP contribution in [0, 0.1) is 10.8 Å². The summed E-state index contributed by atoms with van der Waals surface area (Å²) >= 11 is 0. The molecule has 1 aromatic rings. The van der Waals surface area contributed by atoms with Gasteiger partial charge in [-0.3, -0.25) is 4.68 Å². The van der Waals surface area contributed by atoms with Gasteiger partial charge < -0.3 is 15.7 Å². The fourth-order valence-electron chi connectivity index (χ4n) is 3.04. The van der Waals surface area contributed by atoms with Crippen molar-refractivity contribution in [2.24, 2.45) is 22.9 Å². The maximum atomic E-state index is 10.7. The van der Waals surface area contributed by atoms with Crippen LogP contribution in [0.1, 0.15) is 47.1 Å². The minimum absolute atomic E-state index is 0.231. The first-order valence-electron chi connectivity index (χ1n) is 8.28. The molecule has 3 N–H and O–H groups in total. The van der Waals surface area contributed by atoms with Gasteiger partial charge in [0.25, 0.3) is 0 Å². The summed E-state index contributed by atoms with van der Waals surface area (Å²) in [6, 6.07) is 0.371. The zero-order valence-corrected chi connectivity index (χ0v) is 15.4. The summed E-state index contributed by atoms with van der Waals surface area (Å²) < 4.78 is 1.69. The molecular formula is C17H31N5O. The molecule has 0 spiro atoms.